The van der Waals surface area contributed by atoms with Crippen LogP contribution >= 0.6 is 27.3 Å². The van der Waals surface area contributed by atoms with Crippen molar-refractivity contribution in [3.8, 4) is 0 Å². The number of hydrogen-bond donors (Lipinski definition) is 0. The van der Waals surface area contributed by atoms with E-state index in [1.54, 1.807) is 0 Å². The highest BCUT2D eigenvalue weighted by atomic mass is 79.9. The molecule has 0 saturated carbocycles. The van der Waals surface area contributed by atoms with Gasteiger partial charge in [0.25, 0.3) is 0 Å². The maximum atomic E-state index is 4.79. The number of piperidine rings is 1. The highest BCUT2D eigenvalue weighted by Gasteiger charge is 2.39. The van der Waals surface area contributed by atoms with Crippen LogP contribution in [-0.2, 0) is 6.54 Å². The number of thiazole rings is 1. The van der Waals surface area contributed by atoms with E-state index in [4.69, 9.17) is 4.98 Å². The van der Waals surface area contributed by atoms with Gasteiger partial charge in [-0.05, 0) is 37.8 Å². The SMILES string of the molecule is BrC1CC2CCC(C1)N2Cc1nc2ccccc2s1. The van der Waals surface area contributed by atoms with Crippen LogP contribution in [0, 0.1) is 0 Å². The summed E-state index contributed by atoms with van der Waals surface area (Å²) in [7, 11) is 0. The molecule has 19 heavy (non-hydrogen) atoms. The van der Waals surface area contributed by atoms with Gasteiger partial charge in [-0.1, -0.05) is 28.1 Å². The summed E-state index contributed by atoms with van der Waals surface area (Å²) in [6.45, 7) is 1.05. The molecule has 2 aromatic rings. The van der Waals surface area contributed by atoms with Crippen LogP contribution in [0.15, 0.2) is 24.3 Å². The lowest BCUT2D eigenvalue weighted by atomic mass is 10.0. The lowest BCUT2D eigenvalue weighted by Crippen LogP contribution is -2.42. The zero-order valence-electron chi connectivity index (χ0n) is 10.8. The number of nitrogens with zero attached hydrogens (tertiary/aromatic N) is 2. The fraction of sp³-hybridized carbons (Fsp3) is 0.533. The van der Waals surface area contributed by atoms with E-state index in [1.807, 2.05) is 11.3 Å². The molecule has 2 bridgehead atoms. The Hall–Kier alpha value is -0.450. The molecule has 0 amide bonds. The first-order valence-electron chi connectivity index (χ1n) is 7.04. The highest BCUT2D eigenvalue weighted by Crippen LogP contribution is 2.39. The van der Waals surface area contributed by atoms with Crippen LogP contribution in [0.3, 0.4) is 0 Å². The number of rotatable bonds is 2. The Kier molecular flexibility index (Phi) is 3.13. The number of aromatic nitrogens is 1. The fourth-order valence-electron chi connectivity index (χ4n) is 3.61. The van der Waals surface area contributed by atoms with E-state index in [1.165, 1.54) is 35.4 Å². The standard InChI is InChI=1S/C15H17BrN2S/c16-10-7-11-5-6-12(8-10)18(11)9-15-17-13-3-1-2-4-14(13)19-15/h1-4,10-12H,5-9H2. The van der Waals surface area contributed by atoms with Gasteiger partial charge in [-0.15, -0.1) is 11.3 Å². The quantitative estimate of drug-likeness (QED) is 0.764. The third kappa shape index (κ3) is 2.24. The zero-order chi connectivity index (χ0) is 12.8. The molecule has 3 heterocycles. The van der Waals surface area contributed by atoms with Crippen LogP contribution in [0.4, 0.5) is 0 Å². The van der Waals surface area contributed by atoms with Crippen molar-refractivity contribution >= 4 is 37.5 Å². The van der Waals surface area contributed by atoms with Gasteiger partial charge in [-0.25, -0.2) is 4.98 Å². The molecule has 4 rings (SSSR count). The molecule has 0 N–H and O–H groups in total. The lowest BCUT2D eigenvalue weighted by molar-refractivity contribution is 0.137. The van der Waals surface area contributed by atoms with Gasteiger partial charge in [0.15, 0.2) is 0 Å². The number of hydrogen-bond acceptors (Lipinski definition) is 3. The summed E-state index contributed by atoms with van der Waals surface area (Å²) in [5.41, 5.74) is 1.16. The summed E-state index contributed by atoms with van der Waals surface area (Å²) < 4.78 is 1.32. The van der Waals surface area contributed by atoms with E-state index in [0.29, 0.717) is 0 Å². The Morgan fingerprint density at radius 3 is 2.68 bits per heavy atom. The molecule has 1 aromatic carbocycles. The number of halogens is 1. The van der Waals surface area contributed by atoms with Gasteiger partial charge in [-0.2, -0.15) is 0 Å². The molecule has 2 aliphatic heterocycles. The largest absolute Gasteiger partial charge is 0.291 e. The van der Waals surface area contributed by atoms with Gasteiger partial charge in [0.05, 0.1) is 16.8 Å². The molecule has 2 fully saturated rings. The first-order chi connectivity index (χ1) is 9.29. The van der Waals surface area contributed by atoms with E-state index >= 15 is 0 Å². The van der Waals surface area contributed by atoms with E-state index in [9.17, 15) is 0 Å². The van der Waals surface area contributed by atoms with Crippen molar-refractivity contribution in [2.75, 3.05) is 0 Å². The van der Waals surface area contributed by atoms with E-state index in [-0.39, 0.29) is 0 Å². The Morgan fingerprint density at radius 2 is 1.95 bits per heavy atom. The summed E-state index contributed by atoms with van der Waals surface area (Å²) >= 11 is 5.67. The van der Waals surface area contributed by atoms with Crippen LogP contribution in [0.2, 0.25) is 0 Å². The Balaban J connectivity index is 1.58. The van der Waals surface area contributed by atoms with E-state index in [0.717, 1.165) is 29.0 Å². The van der Waals surface area contributed by atoms with Gasteiger partial charge in [0, 0.05) is 16.9 Å². The van der Waals surface area contributed by atoms with Gasteiger partial charge in [-0.3, -0.25) is 4.90 Å². The third-order valence-electron chi connectivity index (χ3n) is 4.48. The molecule has 2 nitrogen and oxygen atoms in total. The van der Waals surface area contributed by atoms with Gasteiger partial charge in [0.1, 0.15) is 5.01 Å². The van der Waals surface area contributed by atoms with Gasteiger partial charge >= 0.3 is 0 Å². The van der Waals surface area contributed by atoms with Gasteiger partial charge < -0.3 is 0 Å². The second-order valence-electron chi connectivity index (χ2n) is 5.70. The predicted octanol–water partition coefficient (Wildman–Crippen LogP) is 4.19. The van der Waals surface area contributed by atoms with Crippen LogP contribution in [0.25, 0.3) is 10.2 Å². The van der Waals surface area contributed by atoms with Crippen molar-refractivity contribution < 1.29 is 0 Å². The number of fused-ring (bicyclic) bond motifs is 3. The van der Waals surface area contributed by atoms with Crippen molar-refractivity contribution in [1.29, 1.82) is 0 Å². The number of benzene rings is 1. The normalized spacial score (nSPS) is 31.1. The van der Waals surface area contributed by atoms with Gasteiger partial charge in [0.2, 0.25) is 0 Å². The third-order valence-corrected chi connectivity index (χ3v) is 6.25. The van der Waals surface area contributed by atoms with Crippen molar-refractivity contribution in [3.63, 3.8) is 0 Å². The Bertz CT molecular complexity index is 550. The lowest BCUT2D eigenvalue weighted by Gasteiger charge is -2.36. The summed E-state index contributed by atoms with van der Waals surface area (Å²) in [5.74, 6) is 0. The molecule has 2 saturated heterocycles. The molecule has 100 valence electrons. The average Bonchev–Trinajstić information content (AvgIpc) is 2.90. The molecule has 2 atom stereocenters. The van der Waals surface area contributed by atoms with Crippen molar-refractivity contribution in [1.82, 2.24) is 9.88 Å². The second kappa shape index (κ2) is 4.83. The van der Waals surface area contributed by atoms with Crippen LogP contribution in [-0.4, -0.2) is 26.8 Å². The summed E-state index contributed by atoms with van der Waals surface area (Å²) in [4.78, 5) is 8.22. The van der Waals surface area contributed by atoms with Crippen LogP contribution < -0.4 is 0 Å². The monoisotopic (exact) mass is 336 g/mol. The highest BCUT2D eigenvalue weighted by molar-refractivity contribution is 9.09. The Labute approximate surface area is 126 Å². The first kappa shape index (κ1) is 12.3. The molecule has 1 aromatic heterocycles. The molecule has 0 spiro atoms. The topological polar surface area (TPSA) is 16.1 Å². The first-order valence-corrected chi connectivity index (χ1v) is 8.77. The number of alkyl halides is 1. The molecular formula is C15H17BrN2S. The molecule has 0 radical (unpaired) electrons. The zero-order valence-corrected chi connectivity index (χ0v) is 13.2. The van der Waals surface area contributed by atoms with E-state index in [2.05, 4.69) is 45.1 Å². The molecule has 2 aliphatic rings. The maximum Gasteiger partial charge on any atom is 0.108 e. The van der Waals surface area contributed by atoms with E-state index < -0.39 is 0 Å². The molecule has 0 aliphatic carbocycles. The predicted molar refractivity (Wildman–Crippen MR) is 83.9 cm³/mol. The van der Waals surface area contributed by atoms with Crippen molar-refractivity contribution in [2.45, 2.75) is 49.1 Å². The average molecular weight is 337 g/mol. The summed E-state index contributed by atoms with van der Waals surface area (Å²) in [6, 6.07) is 10.0. The minimum atomic E-state index is 0.733. The molecular weight excluding hydrogens is 320 g/mol. The maximum absolute atomic E-state index is 4.79. The summed E-state index contributed by atoms with van der Waals surface area (Å²) in [5, 5.41) is 1.28. The Morgan fingerprint density at radius 1 is 1.21 bits per heavy atom. The molecule has 4 heteroatoms. The fourth-order valence-corrected chi connectivity index (χ4v) is 5.45. The van der Waals surface area contributed by atoms with Crippen LogP contribution in [0.5, 0.6) is 0 Å². The minimum Gasteiger partial charge on any atom is -0.291 e. The van der Waals surface area contributed by atoms with Crippen molar-refractivity contribution in [2.24, 2.45) is 0 Å². The smallest absolute Gasteiger partial charge is 0.108 e. The minimum absolute atomic E-state index is 0.733. The van der Waals surface area contributed by atoms with Crippen LogP contribution in [0.1, 0.15) is 30.7 Å². The molecule has 2 unspecified atom stereocenters. The number of para-hydroxylation sites is 1. The summed E-state index contributed by atoms with van der Waals surface area (Å²) in [6.07, 6.45) is 5.36. The second-order valence-corrected chi connectivity index (χ2v) is 8.11. The van der Waals surface area contributed by atoms with Crippen molar-refractivity contribution in [3.05, 3.63) is 29.3 Å².